The third-order valence-electron chi connectivity index (χ3n) is 6.73. The van der Waals surface area contributed by atoms with Crippen LogP contribution >= 0.6 is 0 Å². The van der Waals surface area contributed by atoms with Gasteiger partial charge in [0.25, 0.3) is 5.91 Å². The van der Waals surface area contributed by atoms with Crippen molar-refractivity contribution in [1.82, 2.24) is 9.88 Å². The monoisotopic (exact) mass is 568 g/mol. The highest BCUT2D eigenvalue weighted by Crippen LogP contribution is 2.32. The van der Waals surface area contributed by atoms with E-state index in [1.165, 1.54) is 24.3 Å². The molecular formula is C32H23F3N4O3. The number of carboxylic acid groups (broad SMARTS) is 1. The molecule has 0 unspecified atom stereocenters. The van der Waals surface area contributed by atoms with Gasteiger partial charge in [-0.3, -0.25) is 4.79 Å². The van der Waals surface area contributed by atoms with Gasteiger partial charge in [-0.2, -0.15) is 18.4 Å². The Morgan fingerprint density at radius 3 is 2.29 bits per heavy atom. The van der Waals surface area contributed by atoms with Gasteiger partial charge >= 0.3 is 12.1 Å². The lowest BCUT2D eigenvalue weighted by atomic mass is 10.1. The van der Waals surface area contributed by atoms with Gasteiger partial charge in [0, 0.05) is 36.0 Å². The fraction of sp³-hybridized carbons (Fsp3) is 0.0938. The average Bonchev–Trinajstić information content (AvgIpc) is 3.40. The number of hydrogen-bond donors (Lipinski definition) is 3. The Morgan fingerprint density at radius 1 is 0.905 bits per heavy atom. The van der Waals surface area contributed by atoms with E-state index >= 15 is 0 Å². The van der Waals surface area contributed by atoms with Crippen LogP contribution in [0, 0.1) is 11.3 Å². The predicted octanol–water partition coefficient (Wildman–Crippen LogP) is 6.95. The number of hydrogen-bond acceptors (Lipinski definition) is 4. The van der Waals surface area contributed by atoms with Crippen LogP contribution < -0.4 is 10.6 Å². The zero-order chi connectivity index (χ0) is 29.9. The number of nitrogens with one attached hydrogen (secondary N) is 2. The van der Waals surface area contributed by atoms with E-state index in [1.54, 1.807) is 53.2 Å². The Labute approximate surface area is 238 Å². The molecule has 0 radical (unpaired) electrons. The highest BCUT2D eigenvalue weighted by Gasteiger charge is 2.30. The molecule has 0 bridgehead atoms. The molecule has 5 rings (SSSR count). The van der Waals surface area contributed by atoms with Gasteiger partial charge in [0.1, 0.15) is 0 Å². The van der Waals surface area contributed by atoms with E-state index in [2.05, 4.69) is 16.7 Å². The normalized spacial score (nSPS) is 11.2. The van der Waals surface area contributed by atoms with Crippen molar-refractivity contribution >= 4 is 34.2 Å². The van der Waals surface area contributed by atoms with Gasteiger partial charge in [-0.15, -0.1) is 0 Å². The third-order valence-corrected chi connectivity index (χ3v) is 6.73. The van der Waals surface area contributed by atoms with Gasteiger partial charge < -0.3 is 20.3 Å². The number of amides is 1. The molecular weight excluding hydrogens is 545 g/mol. The molecule has 0 saturated carbocycles. The molecule has 210 valence electrons. The van der Waals surface area contributed by atoms with E-state index in [-0.39, 0.29) is 24.6 Å². The zero-order valence-corrected chi connectivity index (χ0v) is 21.9. The van der Waals surface area contributed by atoms with Gasteiger partial charge in [-0.25, -0.2) is 4.79 Å². The Morgan fingerprint density at radius 2 is 1.62 bits per heavy atom. The summed E-state index contributed by atoms with van der Waals surface area (Å²) in [6.45, 7) is 0.368. The van der Waals surface area contributed by atoms with Crippen LogP contribution in [0.1, 0.15) is 43.0 Å². The molecule has 1 aromatic heterocycles. The number of nitrogens with zero attached hydrogens (tertiary/aromatic N) is 2. The number of rotatable bonds is 8. The van der Waals surface area contributed by atoms with Gasteiger partial charge in [0.15, 0.2) is 0 Å². The third kappa shape index (κ3) is 6.10. The first-order chi connectivity index (χ1) is 20.1. The largest absolute Gasteiger partial charge is 0.478 e. The van der Waals surface area contributed by atoms with Crippen molar-refractivity contribution in [3.63, 3.8) is 0 Å². The Hall–Kier alpha value is -5.56. The molecule has 0 spiro atoms. The van der Waals surface area contributed by atoms with Crippen LogP contribution in [0.5, 0.6) is 0 Å². The summed E-state index contributed by atoms with van der Waals surface area (Å²) in [5.41, 5.74) is 3.45. The topological polar surface area (TPSA) is 107 Å². The van der Waals surface area contributed by atoms with Crippen molar-refractivity contribution < 1.29 is 27.9 Å². The molecule has 1 amide bonds. The molecule has 0 aliphatic heterocycles. The SMILES string of the molecule is N#Cc1cccc(Nc2ccc(C(=O)NCc3ccc(C(=O)O)cc3)c3c2ccn3Cc2ccc(C(F)(F)F)cc2)c1. The standard InChI is InChI=1S/C32H23F3N4O3/c33-32(34,35)24-10-6-21(7-11-24)19-39-15-14-26-28(38-25-3-1-2-22(16-25)17-36)13-12-27(29(26)39)30(40)37-18-20-4-8-23(9-5-20)31(41)42/h1-16,38H,18-19H2,(H,37,40)(H,41,42). The second-order valence-corrected chi connectivity index (χ2v) is 9.56. The lowest BCUT2D eigenvalue weighted by molar-refractivity contribution is -0.137. The van der Waals surface area contributed by atoms with Gasteiger partial charge in [0.2, 0.25) is 0 Å². The number of nitriles is 1. The summed E-state index contributed by atoms with van der Waals surface area (Å²) in [6.07, 6.45) is -2.68. The number of carboxylic acids is 1. The molecule has 42 heavy (non-hydrogen) atoms. The number of benzene rings is 4. The van der Waals surface area contributed by atoms with E-state index in [0.717, 1.165) is 12.1 Å². The van der Waals surface area contributed by atoms with Crippen LogP contribution in [-0.2, 0) is 19.3 Å². The van der Waals surface area contributed by atoms with Crippen molar-refractivity contribution in [1.29, 1.82) is 5.26 Å². The van der Waals surface area contributed by atoms with Gasteiger partial charge in [-0.1, -0.05) is 30.3 Å². The summed E-state index contributed by atoms with van der Waals surface area (Å²) in [7, 11) is 0. The minimum Gasteiger partial charge on any atom is -0.478 e. The molecule has 5 aromatic rings. The minimum atomic E-state index is -4.44. The fourth-order valence-corrected chi connectivity index (χ4v) is 4.61. The molecule has 0 atom stereocenters. The predicted molar refractivity (Wildman–Crippen MR) is 151 cm³/mol. The second-order valence-electron chi connectivity index (χ2n) is 9.56. The number of halogens is 3. The number of anilines is 2. The first kappa shape index (κ1) is 28.0. The molecule has 10 heteroatoms. The van der Waals surface area contributed by atoms with Crippen molar-refractivity contribution in [3.8, 4) is 6.07 Å². The number of carbonyl (C=O) groups excluding carboxylic acids is 1. The summed E-state index contributed by atoms with van der Waals surface area (Å²) in [5.74, 6) is -1.43. The van der Waals surface area contributed by atoms with Crippen LogP contribution in [-0.4, -0.2) is 21.6 Å². The molecule has 1 heterocycles. The van der Waals surface area contributed by atoms with Crippen LogP contribution in [0.25, 0.3) is 10.9 Å². The summed E-state index contributed by atoms with van der Waals surface area (Å²) >= 11 is 0. The van der Waals surface area contributed by atoms with Crippen molar-refractivity contribution in [2.75, 3.05) is 5.32 Å². The number of carbonyl (C=O) groups is 2. The first-order valence-electron chi connectivity index (χ1n) is 12.8. The van der Waals surface area contributed by atoms with Crippen LogP contribution in [0.3, 0.4) is 0 Å². The highest BCUT2D eigenvalue weighted by molar-refractivity contribution is 6.09. The Balaban J connectivity index is 1.48. The van der Waals surface area contributed by atoms with Gasteiger partial charge in [0.05, 0.1) is 33.8 Å². The molecule has 0 aliphatic carbocycles. The van der Waals surface area contributed by atoms with E-state index in [0.29, 0.717) is 44.5 Å². The maximum Gasteiger partial charge on any atom is 0.416 e. The quantitative estimate of drug-likeness (QED) is 0.188. The molecule has 4 aromatic carbocycles. The molecule has 0 saturated heterocycles. The minimum absolute atomic E-state index is 0.135. The number of fused-ring (bicyclic) bond motifs is 1. The smallest absolute Gasteiger partial charge is 0.416 e. The maximum absolute atomic E-state index is 13.4. The zero-order valence-electron chi connectivity index (χ0n) is 21.9. The lowest BCUT2D eigenvalue weighted by Crippen LogP contribution is -2.23. The fourth-order valence-electron chi connectivity index (χ4n) is 4.61. The van der Waals surface area contributed by atoms with E-state index < -0.39 is 17.7 Å². The summed E-state index contributed by atoms with van der Waals surface area (Å²) in [4.78, 5) is 24.5. The van der Waals surface area contributed by atoms with Crippen molar-refractivity contribution in [2.45, 2.75) is 19.3 Å². The van der Waals surface area contributed by atoms with Crippen LogP contribution in [0.2, 0.25) is 0 Å². The van der Waals surface area contributed by atoms with E-state index in [9.17, 15) is 28.0 Å². The lowest BCUT2D eigenvalue weighted by Gasteiger charge is -2.15. The molecule has 3 N–H and O–H groups in total. The van der Waals surface area contributed by atoms with Crippen LogP contribution in [0.15, 0.2) is 97.2 Å². The van der Waals surface area contributed by atoms with Crippen LogP contribution in [0.4, 0.5) is 24.5 Å². The van der Waals surface area contributed by atoms with E-state index in [4.69, 9.17) is 5.11 Å². The molecule has 0 fully saturated rings. The Kier molecular flexibility index (Phi) is 7.67. The van der Waals surface area contributed by atoms with Crippen molar-refractivity contribution in [2.24, 2.45) is 0 Å². The highest BCUT2D eigenvalue weighted by atomic mass is 19.4. The number of alkyl halides is 3. The summed E-state index contributed by atoms with van der Waals surface area (Å²) < 4.78 is 41.0. The second kappa shape index (κ2) is 11.5. The molecule has 0 aliphatic rings. The first-order valence-corrected chi connectivity index (χ1v) is 12.8. The number of aromatic nitrogens is 1. The van der Waals surface area contributed by atoms with Gasteiger partial charge in [-0.05, 0) is 71.8 Å². The average molecular weight is 569 g/mol. The Bertz CT molecular complexity index is 1820. The molecule has 7 nitrogen and oxygen atoms in total. The summed E-state index contributed by atoms with van der Waals surface area (Å²) in [6, 6.07) is 25.3. The maximum atomic E-state index is 13.4. The summed E-state index contributed by atoms with van der Waals surface area (Å²) in [5, 5.41) is 25.2. The van der Waals surface area contributed by atoms with Crippen molar-refractivity contribution in [3.05, 3.63) is 131 Å². The van der Waals surface area contributed by atoms with E-state index in [1.807, 2.05) is 12.1 Å². The number of aromatic carboxylic acids is 1.